The number of hydrogen-bond donors (Lipinski definition) is 0. The fourth-order valence-electron chi connectivity index (χ4n) is 3.93. The van der Waals surface area contributed by atoms with E-state index < -0.39 is 5.63 Å². The highest BCUT2D eigenvalue weighted by Gasteiger charge is 2.16. The highest BCUT2D eigenvalue weighted by atomic mass is 32.2. The maximum Gasteiger partial charge on any atom is 0.336 e. The second-order valence-corrected chi connectivity index (χ2v) is 9.99. The van der Waals surface area contributed by atoms with Crippen molar-refractivity contribution in [2.24, 2.45) is 0 Å². The van der Waals surface area contributed by atoms with Gasteiger partial charge in [0.15, 0.2) is 4.34 Å². The Morgan fingerprint density at radius 1 is 1.16 bits per heavy atom. The summed E-state index contributed by atoms with van der Waals surface area (Å²) < 4.78 is 13.0. The molecule has 0 saturated heterocycles. The van der Waals surface area contributed by atoms with Gasteiger partial charge in [0, 0.05) is 29.2 Å². The summed E-state index contributed by atoms with van der Waals surface area (Å²) in [6.45, 7) is 0.0880. The number of para-hydroxylation sites is 1. The van der Waals surface area contributed by atoms with E-state index in [1.807, 2.05) is 24.3 Å². The van der Waals surface area contributed by atoms with Crippen molar-refractivity contribution in [2.75, 3.05) is 5.75 Å². The van der Waals surface area contributed by atoms with E-state index in [2.05, 4.69) is 17.1 Å². The second kappa shape index (κ2) is 8.85. The van der Waals surface area contributed by atoms with E-state index in [1.165, 1.54) is 21.9 Å². The summed E-state index contributed by atoms with van der Waals surface area (Å²) in [6.07, 6.45) is 4.23. The number of carbonyl (C=O) groups excluding carboxylic acids is 1. The van der Waals surface area contributed by atoms with E-state index in [0.717, 1.165) is 40.3 Å². The molecule has 5 rings (SSSR count). The van der Waals surface area contributed by atoms with Crippen molar-refractivity contribution in [3.63, 3.8) is 0 Å². The zero-order chi connectivity index (χ0) is 21.2. The van der Waals surface area contributed by atoms with Crippen molar-refractivity contribution in [3.8, 4) is 0 Å². The third kappa shape index (κ3) is 4.52. The molecule has 0 atom stereocenters. The van der Waals surface area contributed by atoms with Crippen molar-refractivity contribution in [1.82, 2.24) is 4.98 Å². The Balaban J connectivity index is 1.16. The van der Waals surface area contributed by atoms with Crippen LogP contribution in [0.4, 0.5) is 0 Å². The maximum atomic E-state index is 12.2. The lowest BCUT2D eigenvalue weighted by Crippen LogP contribution is -2.08. The van der Waals surface area contributed by atoms with Gasteiger partial charge in [-0.1, -0.05) is 23.9 Å². The summed E-state index contributed by atoms with van der Waals surface area (Å²) >= 11 is 3.34. The number of nitrogens with zero attached hydrogens (tertiary/aromatic N) is 1. The molecule has 5 nitrogen and oxygen atoms in total. The van der Waals surface area contributed by atoms with Crippen LogP contribution in [0.3, 0.4) is 0 Å². The lowest BCUT2D eigenvalue weighted by atomic mass is 10.0. The van der Waals surface area contributed by atoms with Gasteiger partial charge in [-0.05, 0) is 61.1 Å². The Hall–Kier alpha value is -2.64. The van der Waals surface area contributed by atoms with Crippen LogP contribution in [0.1, 0.15) is 36.0 Å². The van der Waals surface area contributed by atoms with Crippen molar-refractivity contribution >= 4 is 50.3 Å². The number of hydrogen-bond acceptors (Lipinski definition) is 7. The van der Waals surface area contributed by atoms with Gasteiger partial charge in [-0.3, -0.25) is 4.79 Å². The Kier molecular flexibility index (Phi) is 5.78. The van der Waals surface area contributed by atoms with Gasteiger partial charge in [0.05, 0.1) is 10.2 Å². The molecule has 0 saturated carbocycles. The second-order valence-electron chi connectivity index (χ2n) is 7.62. The Labute approximate surface area is 187 Å². The third-order valence-corrected chi connectivity index (χ3v) is 7.72. The molecular formula is C24H21NO4S2. The normalized spacial score (nSPS) is 13.0. The molecule has 4 aromatic rings. The molecule has 158 valence electrons. The number of thioether (sulfide) groups is 1. The van der Waals surface area contributed by atoms with Crippen LogP contribution in [0.5, 0.6) is 0 Å². The highest BCUT2D eigenvalue weighted by Crippen LogP contribution is 2.30. The summed E-state index contributed by atoms with van der Waals surface area (Å²) in [6, 6.07) is 13.5. The molecule has 0 unspecified atom stereocenters. The number of fused-ring (bicyclic) bond motifs is 3. The standard InChI is InChI=1S/C24H21NO4S2/c26-22(9-4-10-30-24-25-19-7-1-2-8-21(19)31-24)28-14-17-13-23(27)29-20-12-16-6-3-5-15(16)11-18(17)20/h1-2,7-8,11-13H,3-6,9-10,14H2. The molecule has 1 aliphatic rings. The van der Waals surface area contributed by atoms with Crippen LogP contribution in [0, 0.1) is 0 Å². The number of carbonyl (C=O) groups is 1. The van der Waals surface area contributed by atoms with Gasteiger partial charge in [0.2, 0.25) is 0 Å². The number of benzene rings is 2. The van der Waals surface area contributed by atoms with Gasteiger partial charge in [-0.25, -0.2) is 9.78 Å². The molecule has 2 aromatic carbocycles. The summed E-state index contributed by atoms with van der Waals surface area (Å²) in [5.41, 5.74) is 4.42. The van der Waals surface area contributed by atoms with Crippen LogP contribution in [0.2, 0.25) is 0 Å². The molecule has 0 N–H and O–H groups in total. The SMILES string of the molecule is O=C(CCCSc1nc2ccccc2s1)OCc1cc(=O)oc2cc3c(cc12)CCC3. The Morgan fingerprint density at radius 3 is 2.87 bits per heavy atom. The molecule has 2 aromatic heterocycles. The monoisotopic (exact) mass is 451 g/mol. The largest absolute Gasteiger partial charge is 0.461 e. The fraction of sp³-hybridized carbons (Fsp3) is 0.292. The lowest BCUT2D eigenvalue weighted by molar-refractivity contribution is -0.144. The molecule has 0 radical (unpaired) electrons. The lowest BCUT2D eigenvalue weighted by Gasteiger charge is -2.09. The number of ether oxygens (including phenoxy) is 1. The van der Waals surface area contributed by atoms with Crippen molar-refractivity contribution in [2.45, 2.75) is 43.1 Å². The Morgan fingerprint density at radius 2 is 2.00 bits per heavy atom. The molecule has 2 heterocycles. The quantitative estimate of drug-likeness (QED) is 0.160. The van der Waals surface area contributed by atoms with Gasteiger partial charge in [0.1, 0.15) is 12.2 Å². The summed E-state index contributed by atoms with van der Waals surface area (Å²) in [5, 5.41) is 0.861. The minimum Gasteiger partial charge on any atom is -0.461 e. The third-order valence-electron chi connectivity index (χ3n) is 5.46. The molecule has 31 heavy (non-hydrogen) atoms. The van der Waals surface area contributed by atoms with Crippen LogP contribution in [-0.4, -0.2) is 16.7 Å². The summed E-state index contributed by atoms with van der Waals surface area (Å²) in [7, 11) is 0. The summed E-state index contributed by atoms with van der Waals surface area (Å²) in [4.78, 5) is 28.8. The van der Waals surface area contributed by atoms with E-state index in [9.17, 15) is 9.59 Å². The van der Waals surface area contributed by atoms with Crippen LogP contribution in [0.15, 0.2) is 56.0 Å². The molecule has 7 heteroatoms. The van der Waals surface area contributed by atoms with Crippen molar-refractivity contribution in [1.29, 1.82) is 0 Å². The smallest absolute Gasteiger partial charge is 0.336 e. The predicted octanol–water partition coefficient (Wildman–Crippen LogP) is 5.51. The minimum absolute atomic E-state index is 0.0880. The first-order valence-electron chi connectivity index (χ1n) is 10.4. The molecule has 0 aliphatic heterocycles. The number of thiazole rings is 1. The number of aromatic nitrogens is 1. The first-order chi connectivity index (χ1) is 15.2. The first-order valence-corrected chi connectivity index (χ1v) is 12.2. The van der Waals surface area contributed by atoms with Crippen LogP contribution in [-0.2, 0) is 29.0 Å². The average Bonchev–Trinajstić information content (AvgIpc) is 3.39. The number of aryl methyl sites for hydroxylation is 2. The zero-order valence-electron chi connectivity index (χ0n) is 16.9. The van der Waals surface area contributed by atoms with Gasteiger partial charge in [-0.2, -0.15) is 0 Å². The van der Waals surface area contributed by atoms with Crippen molar-refractivity contribution < 1.29 is 13.9 Å². The Bertz CT molecular complexity index is 1290. The molecule has 0 fully saturated rings. The summed E-state index contributed by atoms with van der Waals surface area (Å²) in [5.74, 6) is 0.547. The van der Waals surface area contributed by atoms with E-state index >= 15 is 0 Å². The van der Waals surface area contributed by atoms with Crippen LogP contribution >= 0.6 is 23.1 Å². The molecule has 1 aliphatic carbocycles. The predicted molar refractivity (Wildman–Crippen MR) is 124 cm³/mol. The molecule has 0 spiro atoms. The van der Waals surface area contributed by atoms with Gasteiger partial charge in [-0.15, -0.1) is 11.3 Å². The molecular weight excluding hydrogens is 430 g/mol. The van der Waals surface area contributed by atoms with Crippen LogP contribution < -0.4 is 5.63 Å². The van der Waals surface area contributed by atoms with Crippen molar-refractivity contribution in [3.05, 3.63) is 69.6 Å². The van der Waals surface area contributed by atoms with Gasteiger partial charge >= 0.3 is 11.6 Å². The number of esters is 1. The molecule has 0 amide bonds. The average molecular weight is 452 g/mol. The minimum atomic E-state index is -0.413. The van der Waals surface area contributed by atoms with Gasteiger partial charge in [0.25, 0.3) is 0 Å². The first kappa shape index (κ1) is 20.3. The topological polar surface area (TPSA) is 69.4 Å². The molecule has 0 bridgehead atoms. The van der Waals surface area contributed by atoms with E-state index in [-0.39, 0.29) is 12.6 Å². The van der Waals surface area contributed by atoms with Gasteiger partial charge < -0.3 is 9.15 Å². The van der Waals surface area contributed by atoms with E-state index in [1.54, 1.807) is 23.1 Å². The van der Waals surface area contributed by atoms with E-state index in [4.69, 9.17) is 9.15 Å². The fourth-order valence-corrected chi connectivity index (χ4v) is 6.01. The highest BCUT2D eigenvalue weighted by molar-refractivity contribution is 8.01. The van der Waals surface area contributed by atoms with Crippen LogP contribution in [0.25, 0.3) is 21.2 Å². The maximum absolute atomic E-state index is 12.2. The number of rotatable bonds is 7. The zero-order valence-corrected chi connectivity index (χ0v) is 18.5. The van der Waals surface area contributed by atoms with E-state index in [0.29, 0.717) is 24.0 Å².